The number of amides is 2. The number of thiazole rings is 1. The highest BCUT2D eigenvalue weighted by atomic mass is 32.1. The number of carbonyl (C=O) groups is 2. The lowest BCUT2D eigenvalue weighted by atomic mass is 9.78. The first-order chi connectivity index (χ1) is 14.5. The van der Waals surface area contributed by atoms with Gasteiger partial charge in [0.25, 0.3) is 5.91 Å². The fourth-order valence-corrected chi connectivity index (χ4v) is 5.35. The molecule has 1 atom stereocenters. The van der Waals surface area contributed by atoms with Gasteiger partial charge in [0.05, 0.1) is 11.7 Å². The van der Waals surface area contributed by atoms with Crippen LogP contribution < -0.4 is 10.6 Å². The standard InChI is InChI=1S/C22H30N4O3S/c1-13-18(14(2)29-26-13)21(28)24-12-15-6-8-16(9-7-15)19(22-23-10-11-30-22)25-20(27)17-4-3-5-17/h10-11,15-17,19H,3-9,12H2,1-2H3,(H,24,28)(H,25,27). The first kappa shape index (κ1) is 21.0. The van der Waals surface area contributed by atoms with E-state index in [2.05, 4.69) is 20.8 Å². The highest BCUT2D eigenvalue weighted by Gasteiger charge is 2.34. The van der Waals surface area contributed by atoms with E-state index in [1.807, 2.05) is 11.6 Å². The third kappa shape index (κ3) is 4.58. The van der Waals surface area contributed by atoms with E-state index >= 15 is 0 Å². The zero-order valence-corrected chi connectivity index (χ0v) is 18.5. The summed E-state index contributed by atoms with van der Waals surface area (Å²) >= 11 is 1.62. The molecule has 7 nitrogen and oxygen atoms in total. The Kier molecular flexibility index (Phi) is 6.51. The Balaban J connectivity index is 1.30. The molecule has 0 spiro atoms. The van der Waals surface area contributed by atoms with Gasteiger partial charge in [0.1, 0.15) is 16.3 Å². The largest absolute Gasteiger partial charge is 0.361 e. The van der Waals surface area contributed by atoms with Crippen LogP contribution in [0.5, 0.6) is 0 Å². The van der Waals surface area contributed by atoms with Crippen LogP contribution in [0.4, 0.5) is 0 Å². The molecule has 30 heavy (non-hydrogen) atoms. The number of aryl methyl sites for hydroxylation is 2. The van der Waals surface area contributed by atoms with Crippen molar-refractivity contribution < 1.29 is 14.1 Å². The minimum atomic E-state index is -0.109. The fraction of sp³-hybridized carbons (Fsp3) is 0.636. The molecule has 0 aromatic carbocycles. The number of aromatic nitrogens is 2. The average Bonchev–Trinajstić information content (AvgIpc) is 3.33. The summed E-state index contributed by atoms with van der Waals surface area (Å²) in [6, 6.07) is 0.0101. The highest BCUT2D eigenvalue weighted by Crippen LogP contribution is 2.38. The van der Waals surface area contributed by atoms with Crippen LogP contribution in [-0.4, -0.2) is 28.5 Å². The number of nitrogens with zero attached hydrogens (tertiary/aromatic N) is 2. The summed E-state index contributed by atoms with van der Waals surface area (Å²) in [5.41, 5.74) is 1.17. The molecule has 2 aromatic heterocycles. The lowest BCUT2D eigenvalue weighted by Crippen LogP contribution is -2.41. The van der Waals surface area contributed by atoms with Crippen molar-refractivity contribution in [1.82, 2.24) is 20.8 Å². The smallest absolute Gasteiger partial charge is 0.256 e. The summed E-state index contributed by atoms with van der Waals surface area (Å²) in [6.45, 7) is 4.20. The van der Waals surface area contributed by atoms with Gasteiger partial charge in [-0.05, 0) is 64.2 Å². The van der Waals surface area contributed by atoms with E-state index < -0.39 is 0 Å². The number of rotatable bonds is 7. The molecular formula is C22H30N4O3S. The first-order valence-electron chi connectivity index (χ1n) is 10.9. The Morgan fingerprint density at radius 3 is 2.53 bits per heavy atom. The lowest BCUT2D eigenvalue weighted by Gasteiger charge is -2.35. The van der Waals surface area contributed by atoms with E-state index in [1.165, 1.54) is 0 Å². The van der Waals surface area contributed by atoms with Gasteiger partial charge in [-0.1, -0.05) is 11.6 Å². The molecule has 2 amide bonds. The summed E-state index contributed by atoms with van der Waals surface area (Å²) in [4.78, 5) is 29.6. The van der Waals surface area contributed by atoms with E-state index in [4.69, 9.17) is 4.52 Å². The first-order valence-corrected chi connectivity index (χ1v) is 11.8. The maximum Gasteiger partial charge on any atom is 0.256 e. The van der Waals surface area contributed by atoms with Crippen LogP contribution in [0.15, 0.2) is 16.1 Å². The molecule has 2 aliphatic carbocycles. The molecular weight excluding hydrogens is 400 g/mol. The van der Waals surface area contributed by atoms with Crippen molar-refractivity contribution in [3.63, 3.8) is 0 Å². The van der Waals surface area contributed by atoms with E-state index in [1.54, 1.807) is 25.2 Å². The predicted octanol–water partition coefficient (Wildman–Crippen LogP) is 3.94. The van der Waals surface area contributed by atoms with Crippen molar-refractivity contribution in [2.24, 2.45) is 17.8 Å². The summed E-state index contributed by atoms with van der Waals surface area (Å²) in [6.07, 6.45) is 9.12. The van der Waals surface area contributed by atoms with Gasteiger partial charge < -0.3 is 15.2 Å². The number of hydrogen-bond acceptors (Lipinski definition) is 6. The summed E-state index contributed by atoms with van der Waals surface area (Å²) in [5, 5.41) is 13.2. The van der Waals surface area contributed by atoms with Crippen molar-refractivity contribution >= 4 is 23.2 Å². The number of nitrogens with one attached hydrogen (secondary N) is 2. The molecule has 2 fully saturated rings. The number of carbonyl (C=O) groups excluding carboxylic acids is 2. The molecule has 2 N–H and O–H groups in total. The van der Waals surface area contributed by atoms with Gasteiger partial charge in [0.15, 0.2) is 0 Å². The zero-order valence-electron chi connectivity index (χ0n) is 17.6. The molecule has 0 aliphatic heterocycles. The molecule has 8 heteroatoms. The van der Waals surface area contributed by atoms with Crippen LogP contribution in [0.1, 0.15) is 77.8 Å². The molecule has 2 saturated carbocycles. The second-order valence-corrected chi connectivity index (χ2v) is 9.60. The minimum Gasteiger partial charge on any atom is -0.361 e. The molecule has 4 rings (SSSR count). The van der Waals surface area contributed by atoms with Gasteiger partial charge in [0, 0.05) is 24.0 Å². The molecule has 162 valence electrons. The molecule has 0 saturated heterocycles. The van der Waals surface area contributed by atoms with Gasteiger partial charge in [-0.25, -0.2) is 4.98 Å². The minimum absolute atomic E-state index is 0.0101. The van der Waals surface area contributed by atoms with Crippen LogP contribution in [-0.2, 0) is 4.79 Å². The summed E-state index contributed by atoms with van der Waals surface area (Å²) < 4.78 is 5.09. The Morgan fingerprint density at radius 2 is 1.97 bits per heavy atom. The highest BCUT2D eigenvalue weighted by molar-refractivity contribution is 7.09. The zero-order chi connectivity index (χ0) is 21.1. The monoisotopic (exact) mass is 430 g/mol. The fourth-order valence-electron chi connectivity index (χ4n) is 4.57. The van der Waals surface area contributed by atoms with Gasteiger partial charge in [-0.15, -0.1) is 11.3 Å². The summed E-state index contributed by atoms with van der Waals surface area (Å²) in [7, 11) is 0. The van der Waals surface area contributed by atoms with Crippen molar-refractivity contribution in [2.75, 3.05) is 6.54 Å². The maximum absolute atomic E-state index is 12.6. The van der Waals surface area contributed by atoms with E-state index in [0.29, 0.717) is 35.4 Å². The third-order valence-corrected chi connectivity index (χ3v) is 7.52. The van der Waals surface area contributed by atoms with Crippen molar-refractivity contribution in [2.45, 2.75) is 64.8 Å². The van der Waals surface area contributed by atoms with Crippen molar-refractivity contribution in [3.05, 3.63) is 33.6 Å². The molecule has 1 unspecified atom stereocenters. The van der Waals surface area contributed by atoms with Gasteiger partial charge >= 0.3 is 0 Å². The maximum atomic E-state index is 12.6. The van der Waals surface area contributed by atoms with Crippen LogP contribution in [0.2, 0.25) is 0 Å². The summed E-state index contributed by atoms with van der Waals surface area (Å²) in [5.74, 6) is 1.67. The molecule has 2 aliphatic rings. The molecule has 2 aromatic rings. The Morgan fingerprint density at radius 1 is 1.20 bits per heavy atom. The van der Waals surface area contributed by atoms with Gasteiger partial charge in [-0.2, -0.15) is 0 Å². The Hall–Kier alpha value is -2.22. The van der Waals surface area contributed by atoms with Crippen molar-refractivity contribution in [1.29, 1.82) is 0 Å². The van der Waals surface area contributed by atoms with Crippen LogP contribution in [0.25, 0.3) is 0 Å². The molecule has 2 heterocycles. The van der Waals surface area contributed by atoms with Crippen LogP contribution in [0, 0.1) is 31.6 Å². The van der Waals surface area contributed by atoms with Gasteiger partial charge in [-0.3, -0.25) is 9.59 Å². The van der Waals surface area contributed by atoms with Gasteiger partial charge in [0.2, 0.25) is 5.91 Å². The molecule has 0 bridgehead atoms. The van der Waals surface area contributed by atoms with Crippen LogP contribution >= 0.6 is 11.3 Å². The van der Waals surface area contributed by atoms with E-state index in [9.17, 15) is 9.59 Å². The van der Waals surface area contributed by atoms with Crippen LogP contribution in [0.3, 0.4) is 0 Å². The lowest BCUT2D eigenvalue weighted by molar-refractivity contribution is -0.128. The second kappa shape index (κ2) is 9.29. The quantitative estimate of drug-likeness (QED) is 0.693. The van der Waals surface area contributed by atoms with Crippen molar-refractivity contribution in [3.8, 4) is 0 Å². The van der Waals surface area contributed by atoms with E-state index in [-0.39, 0.29) is 23.8 Å². The third-order valence-electron chi connectivity index (χ3n) is 6.67. The predicted molar refractivity (Wildman–Crippen MR) is 114 cm³/mol. The van der Waals surface area contributed by atoms with E-state index in [0.717, 1.165) is 50.0 Å². The normalized spacial score (nSPS) is 22.9. The topological polar surface area (TPSA) is 97.1 Å². The Bertz CT molecular complexity index is 848. The number of hydrogen-bond donors (Lipinski definition) is 2. The SMILES string of the molecule is Cc1noc(C)c1C(=O)NCC1CCC(C(NC(=O)C2CCC2)c2nccs2)CC1. The molecule has 0 radical (unpaired) electrons. The average molecular weight is 431 g/mol. The second-order valence-electron chi connectivity index (χ2n) is 8.67. The Labute approximate surface area is 181 Å².